The van der Waals surface area contributed by atoms with Gasteiger partial charge in [-0.15, -0.1) is 0 Å². The summed E-state index contributed by atoms with van der Waals surface area (Å²) in [7, 11) is -0.0947. The van der Waals surface area contributed by atoms with Crippen molar-refractivity contribution in [1.82, 2.24) is 14.3 Å². The fourth-order valence-corrected chi connectivity index (χ4v) is 12.3. The monoisotopic (exact) mass is 1120 g/mol. The van der Waals surface area contributed by atoms with Crippen molar-refractivity contribution in [3.05, 3.63) is 47.6 Å². The zero-order valence-electron chi connectivity index (χ0n) is 47.1. The van der Waals surface area contributed by atoms with Crippen LogP contribution < -0.4 is 9.44 Å². The predicted molar refractivity (Wildman–Crippen MR) is 285 cm³/mol. The Bertz CT molecular complexity index is 2320. The molecule has 5 aliphatic rings. The Morgan fingerprint density at radius 2 is 1.60 bits per heavy atom. The molecule has 440 valence electrons. The fraction of sp³-hybridized carbons (Fsp3) is 0.750. The topological polar surface area (TPSA) is 289 Å². The van der Waals surface area contributed by atoms with Crippen LogP contribution in [0.5, 0.6) is 0 Å². The van der Waals surface area contributed by atoms with Crippen molar-refractivity contribution in [3.63, 3.8) is 0 Å². The van der Waals surface area contributed by atoms with Crippen molar-refractivity contribution < 1.29 is 85.7 Å². The molecule has 22 heteroatoms. The van der Waals surface area contributed by atoms with Crippen molar-refractivity contribution in [2.45, 2.75) is 192 Å². The SMILES string of the molecule is CO[C@H]1C[C@@H]2CC[C@@H](C)[C@@](O)(O2)C(=O)C(=O)N2CCCC[C@H]2C(=O)O[C@H]([C@H](C)C[C@@H]2CC[C@@H](OC(=O)NS(=O)(=O)N[C@@H]3COC[C@H]3O)[C@H](OC)C2)CC(=O)[C@H](C)/C=C(\C)[C@@H](O)[C@@H](OC)C(=O)[C@H](C)C[C@H](C)/C=C/C=C/C=C/1C. The number of hydrogen-bond acceptors (Lipinski definition) is 18. The molecule has 1 aliphatic carbocycles. The predicted octanol–water partition coefficient (Wildman–Crippen LogP) is 4.51. The van der Waals surface area contributed by atoms with E-state index in [1.165, 1.54) is 14.2 Å². The number of aliphatic hydroxyl groups is 3. The molecule has 4 heterocycles. The Morgan fingerprint density at radius 1 is 0.872 bits per heavy atom. The van der Waals surface area contributed by atoms with E-state index in [9.17, 15) is 52.5 Å². The van der Waals surface area contributed by atoms with Gasteiger partial charge in [0.05, 0.1) is 43.7 Å². The molecule has 0 aromatic heterocycles. The molecule has 17 atom stereocenters. The van der Waals surface area contributed by atoms with Crippen molar-refractivity contribution in [3.8, 4) is 0 Å². The normalized spacial score (nSPS) is 38.7. The molecule has 0 spiro atoms. The molecule has 5 N–H and O–H groups in total. The molecule has 78 heavy (non-hydrogen) atoms. The summed E-state index contributed by atoms with van der Waals surface area (Å²) in [4.78, 5) is 85.4. The molecule has 0 aromatic rings. The van der Waals surface area contributed by atoms with E-state index in [1.807, 2.05) is 55.9 Å². The summed E-state index contributed by atoms with van der Waals surface area (Å²) in [5, 5.41) is 33.5. The van der Waals surface area contributed by atoms with E-state index in [4.69, 9.17) is 33.2 Å². The van der Waals surface area contributed by atoms with Crippen LogP contribution in [0.2, 0.25) is 0 Å². The minimum absolute atomic E-state index is 0.0186. The average Bonchev–Trinajstić information content (AvgIpc) is 3.86. The van der Waals surface area contributed by atoms with Crippen molar-refractivity contribution in [1.29, 1.82) is 0 Å². The highest BCUT2D eigenvalue weighted by Gasteiger charge is 2.53. The second-order valence-corrected chi connectivity index (χ2v) is 23.8. The number of esters is 1. The molecule has 5 rings (SSSR count). The first-order valence-electron chi connectivity index (χ1n) is 27.6. The first kappa shape index (κ1) is 64.6. The first-order chi connectivity index (χ1) is 36.8. The Balaban J connectivity index is 1.41. The molecule has 4 fully saturated rings. The maximum atomic E-state index is 14.6. The minimum Gasteiger partial charge on any atom is -0.460 e. The molecule has 21 nitrogen and oxygen atoms in total. The third kappa shape index (κ3) is 17.4. The van der Waals surface area contributed by atoms with Gasteiger partial charge in [0.15, 0.2) is 5.78 Å². The van der Waals surface area contributed by atoms with Gasteiger partial charge >= 0.3 is 22.3 Å². The Kier molecular flexibility index (Phi) is 24.4. The number of ether oxygens (including phenoxy) is 7. The van der Waals surface area contributed by atoms with E-state index in [0.29, 0.717) is 56.9 Å². The molecular formula is C56H87N3O18S. The molecule has 3 saturated heterocycles. The van der Waals surface area contributed by atoms with E-state index >= 15 is 0 Å². The lowest BCUT2D eigenvalue weighted by molar-refractivity contribution is -0.265. The van der Waals surface area contributed by atoms with Crippen LogP contribution in [0.1, 0.15) is 126 Å². The van der Waals surface area contributed by atoms with Crippen molar-refractivity contribution in [2.75, 3.05) is 41.1 Å². The zero-order chi connectivity index (χ0) is 57.6. The molecule has 2 bridgehead atoms. The van der Waals surface area contributed by atoms with E-state index < -0.39 is 124 Å². The number of fused-ring (bicyclic) bond motifs is 3. The number of allylic oxidation sites excluding steroid dienone is 6. The van der Waals surface area contributed by atoms with Crippen LogP contribution in [0.25, 0.3) is 0 Å². The van der Waals surface area contributed by atoms with Crippen molar-refractivity contribution in [2.24, 2.45) is 35.5 Å². The smallest absolute Gasteiger partial charge is 0.422 e. The van der Waals surface area contributed by atoms with Crippen LogP contribution >= 0.6 is 0 Å². The maximum Gasteiger partial charge on any atom is 0.422 e. The van der Waals surface area contributed by atoms with Gasteiger partial charge in [0.25, 0.3) is 11.7 Å². The number of aliphatic hydroxyl groups excluding tert-OH is 2. The zero-order valence-corrected chi connectivity index (χ0v) is 47.9. The standard InChI is InChI=1S/C56H87N3O18S/c1-32-16-12-11-13-17-33(2)46(71-8)28-40-21-19-38(7)56(68,77-40)52(64)53(65)59-23-15-14-18-42(59)54(66)75-47(29-43(60)34(3)25-37(6)50(63)51(73-10)49(62)36(5)24-32)35(4)26-39-20-22-45(48(27-39)72-9)76-55(67)58-78(69,70)57-41-30-74-31-44(41)61/h11-13,16-17,25,32,34-36,38-42,44-48,50-51,57,61,63,68H,14-15,18-24,26-31H2,1-10H3,(H,58,67)/b13-11+,16-12+,33-17+,37-25+/t32-,34-,35-,36-,38-,39+,40+,41-,42+,44-,45-,46+,47+,48-,50-,51+,56-/m1/s1. The number of rotatable bonds is 10. The number of ketones is 3. The number of cyclic esters (lactones) is 1. The van der Waals surface area contributed by atoms with Gasteiger partial charge in [0.2, 0.25) is 5.79 Å². The fourth-order valence-electron chi connectivity index (χ4n) is 11.4. The molecule has 2 amide bonds. The molecule has 4 aliphatic heterocycles. The maximum absolute atomic E-state index is 14.6. The van der Waals surface area contributed by atoms with E-state index in [2.05, 4.69) is 4.72 Å². The lowest BCUT2D eigenvalue weighted by Gasteiger charge is -2.42. The summed E-state index contributed by atoms with van der Waals surface area (Å²) < 4.78 is 69.5. The number of amides is 2. The van der Waals surface area contributed by atoms with Gasteiger partial charge < -0.3 is 53.4 Å². The van der Waals surface area contributed by atoms with Gasteiger partial charge in [-0.3, -0.25) is 19.2 Å². The van der Waals surface area contributed by atoms with Crippen LogP contribution in [0.3, 0.4) is 0 Å². The van der Waals surface area contributed by atoms with Gasteiger partial charge in [0, 0.05) is 58.5 Å². The number of carbonyl (C=O) groups is 6. The summed E-state index contributed by atoms with van der Waals surface area (Å²) in [5.74, 6) is -9.03. The summed E-state index contributed by atoms with van der Waals surface area (Å²) in [5.41, 5.74) is 1.17. The number of carbonyl (C=O) groups excluding carboxylic acids is 6. The second-order valence-electron chi connectivity index (χ2n) is 22.4. The summed E-state index contributed by atoms with van der Waals surface area (Å²) in [6.45, 7) is 12.2. The van der Waals surface area contributed by atoms with Crippen LogP contribution in [-0.2, 0) is 67.3 Å². The van der Waals surface area contributed by atoms with Gasteiger partial charge in [-0.25, -0.2) is 14.3 Å². The third-order valence-electron chi connectivity index (χ3n) is 16.3. The number of nitrogens with zero attached hydrogens (tertiary/aromatic N) is 1. The molecule has 0 unspecified atom stereocenters. The minimum atomic E-state index is -4.43. The Labute approximate surface area is 460 Å². The number of hydrogen-bond donors (Lipinski definition) is 5. The highest BCUT2D eigenvalue weighted by molar-refractivity contribution is 7.88. The highest BCUT2D eigenvalue weighted by Crippen LogP contribution is 2.38. The van der Waals surface area contributed by atoms with E-state index in [1.54, 1.807) is 40.9 Å². The Morgan fingerprint density at radius 3 is 2.27 bits per heavy atom. The van der Waals surface area contributed by atoms with Gasteiger partial charge in [-0.2, -0.15) is 13.1 Å². The van der Waals surface area contributed by atoms with E-state index in [0.717, 1.165) is 10.5 Å². The quantitative estimate of drug-likeness (QED) is 0.114. The average molecular weight is 1120 g/mol. The summed E-state index contributed by atoms with van der Waals surface area (Å²) in [6.07, 6.45) is 6.24. The highest BCUT2D eigenvalue weighted by atomic mass is 32.2. The van der Waals surface area contributed by atoms with Gasteiger partial charge in [-0.05, 0) is 107 Å². The van der Waals surface area contributed by atoms with E-state index in [-0.39, 0.29) is 68.8 Å². The number of nitrogens with one attached hydrogen (secondary N) is 2. The molecule has 0 aromatic carbocycles. The van der Waals surface area contributed by atoms with Crippen LogP contribution in [0.15, 0.2) is 47.6 Å². The summed E-state index contributed by atoms with van der Waals surface area (Å²) in [6, 6.07) is -2.19. The number of Topliss-reactive ketones (excluding diaryl/α,β-unsaturated/α-hetero) is 3. The lowest BCUT2D eigenvalue weighted by atomic mass is 9.78. The first-order valence-corrected chi connectivity index (χ1v) is 29.1. The lowest BCUT2D eigenvalue weighted by Crippen LogP contribution is -2.61. The Hall–Kier alpha value is -4.23. The summed E-state index contributed by atoms with van der Waals surface area (Å²) >= 11 is 0. The van der Waals surface area contributed by atoms with Crippen LogP contribution in [0.4, 0.5) is 4.79 Å². The van der Waals surface area contributed by atoms with Crippen molar-refractivity contribution >= 4 is 45.5 Å². The largest absolute Gasteiger partial charge is 0.460 e. The molecule has 0 radical (unpaired) electrons. The second kappa shape index (κ2) is 29.5. The van der Waals surface area contributed by atoms with Crippen LogP contribution in [-0.4, -0.2) is 172 Å². The third-order valence-corrected chi connectivity index (χ3v) is 17.3. The molecule has 1 saturated carbocycles. The number of piperidine rings is 1. The molecular weight excluding hydrogens is 1030 g/mol. The van der Waals surface area contributed by atoms with Gasteiger partial charge in [0.1, 0.15) is 36.2 Å². The van der Waals surface area contributed by atoms with Gasteiger partial charge in [-0.1, -0.05) is 71.1 Å². The van der Waals surface area contributed by atoms with Crippen LogP contribution in [0, 0.1) is 35.5 Å². The number of methoxy groups -OCH3 is 3.